The Bertz CT molecular complexity index is 358. The Morgan fingerprint density at radius 2 is 2.33 bits per heavy atom. The molecule has 0 aliphatic rings. The average Bonchev–Trinajstić information content (AvgIpc) is 2.17. The van der Waals surface area contributed by atoms with Gasteiger partial charge in [-0.3, -0.25) is 10.1 Å². The molecule has 1 N–H and O–H groups in total. The van der Waals surface area contributed by atoms with Crippen LogP contribution in [0.4, 0.5) is 5.69 Å². The van der Waals surface area contributed by atoms with Crippen molar-refractivity contribution in [2.75, 3.05) is 13.2 Å². The van der Waals surface area contributed by atoms with Crippen molar-refractivity contribution in [2.45, 2.75) is 6.42 Å². The molecule has 7 heteroatoms. The number of nitrogens with zero attached hydrogens (tertiary/aromatic N) is 2. The van der Waals surface area contributed by atoms with Crippen LogP contribution in [-0.4, -0.2) is 28.2 Å². The third-order valence-corrected chi connectivity index (χ3v) is 1.71. The summed E-state index contributed by atoms with van der Waals surface area (Å²) in [7, 11) is 0. The van der Waals surface area contributed by atoms with Gasteiger partial charge in [-0.05, 0) is 0 Å². The Morgan fingerprint density at radius 3 is 2.93 bits per heavy atom. The summed E-state index contributed by atoms with van der Waals surface area (Å²) in [6, 6.07) is 2.32. The molecule has 1 heterocycles. The summed E-state index contributed by atoms with van der Waals surface area (Å²) in [5, 5.41) is 19.0. The summed E-state index contributed by atoms with van der Waals surface area (Å²) in [4.78, 5) is 13.6. The van der Waals surface area contributed by atoms with Crippen LogP contribution in [-0.2, 0) is 0 Å². The topological polar surface area (TPSA) is 85.5 Å². The van der Waals surface area contributed by atoms with Gasteiger partial charge in [-0.25, -0.2) is 4.98 Å². The van der Waals surface area contributed by atoms with Crippen molar-refractivity contribution in [3.8, 4) is 5.88 Å². The fraction of sp³-hybridized carbons (Fsp3) is 0.375. The van der Waals surface area contributed by atoms with Gasteiger partial charge in [-0.1, -0.05) is 11.6 Å². The first-order valence-corrected chi connectivity index (χ1v) is 4.57. The monoisotopic (exact) mass is 232 g/mol. The van der Waals surface area contributed by atoms with E-state index in [0.29, 0.717) is 6.42 Å². The zero-order valence-corrected chi connectivity index (χ0v) is 8.48. The summed E-state index contributed by atoms with van der Waals surface area (Å²) in [5.74, 6) is 0.0858. The Balaban J connectivity index is 2.75. The number of aromatic nitrogens is 1. The zero-order valence-electron chi connectivity index (χ0n) is 7.72. The second-order valence-corrected chi connectivity index (χ2v) is 3.06. The van der Waals surface area contributed by atoms with Crippen molar-refractivity contribution in [1.29, 1.82) is 0 Å². The Hall–Kier alpha value is -1.40. The van der Waals surface area contributed by atoms with E-state index in [9.17, 15) is 10.1 Å². The average molecular weight is 233 g/mol. The summed E-state index contributed by atoms with van der Waals surface area (Å²) >= 11 is 5.56. The van der Waals surface area contributed by atoms with Crippen molar-refractivity contribution in [3.05, 3.63) is 27.4 Å². The van der Waals surface area contributed by atoms with E-state index in [1.807, 2.05) is 0 Å². The molecule has 0 aliphatic carbocycles. The molecular formula is C8H9ClN2O4. The Kier molecular flexibility index (Phi) is 4.26. The molecule has 0 aromatic carbocycles. The fourth-order valence-electron chi connectivity index (χ4n) is 0.881. The van der Waals surface area contributed by atoms with Crippen LogP contribution in [0.3, 0.4) is 0 Å². The maximum absolute atomic E-state index is 10.5. The summed E-state index contributed by atoms with van der Waals surface area (Å²) < 4.78 is 5.06. The molecule has 0 radical (unpaired) electrons. The molecule has 0 unspecified atom stereocenters. The minimum absolute atomic E-state index is 0.00296. The van der Waals surface area contributed by atoms with E-state index in [1.165, 1.54) is 6.07 Å². The van der Waals surface area contributed by atoms with Gasteiger partial charge in [0, 0.05) is 13.0 Å². The number of aliphatic hydroxyl groups excluding tert-OH is 1. The van der Waals surface area contributed by atoms with Gasteiger partial charge in [-0.2, -0.15) is 0 Å². The van der Waals surface area contributed by atoms with Crippen molar-refractivity contribution in [1.82, 2.24) is 4.98 Å². The standard InChI is InChI=1S/C8H9ClN2O4/c9-7-4-6(11(13)14)5-8(10-7)15-3-1-2-12/h4-5,12H,1-3H2. The van der Waals surface area contributed by atoms with Crippen LogP contribution >= 0.6 is 11.6 Å². The van der Waals surface area contributed by atoms with E-state index < -0.39 is 4.92 Å². The van der Waals surface area contributed by atoms with Crippen molar-refractivity contribution in [2.24, 2.45) is 0 Å². The highest BCUT2D eigenvalue weighted by Gasteiger charge is 2.10. The second-order valence-electron chi connectivity index (χ2n) is 2.67. The largest absolute Gasteiger partial charge is 0.477 e. The van der Waals surface area contributed by atoms with Crippen molar-refractivity contribution in [3.63, 3.8) is 0 Å². The first kappa shape index (κ1) is 11.7. The molecule has 0 amide bonds. The normalized spacial score (nSPS) is 10.0. The molecule has 0 saturated heterocycles. The zero-order chi connectivity index (χ0) is 11.3. The van der Waals surface area contributed by atoms with Crippen molar-refractivity contribution < 1.29 is 14.8 Å². The molecule has 0 atom stereocenters. The lowest BCUT2D eigenvalue weighted by molar-refractivity contribution is -0.385. The minimum atomic E-state index is -0.577. The number of hydrogen-bond acceptors (Lipinski definition) is 5. The number of pyridine rings is 1. The number of ether oxygens (including phenoxy) is 1. The van der Waals surface area contributed by atoms with Crippen LogP contribution in [0.2, 0.25) is 5.15 Å². The summed E-state index contributed by atoms with van der Waals surface area (Å²) in [6.45, 7) is 0.226. The van der Waals surface area contributed by atoms with Crippen LogP contribution in [0.5, 0.6) is 5.88 Å². The number of nitro groups is 1. The number of aliphatic hydroxyl groups is 1. The number of hydrogen-bond donors (Lipinski definition) is 1. The highest BCUT2D eigenvalue weighted by atomic mass is 35.5. The van der Waals surface area contributed by atoms with Gasteiger partial charge < -0.3 is 9.84 Å². The van der Waals surface area contributed by atoms with Gasteiger partial charge >= 0.3 is 0 Å². The van der Waals surface area contributed by atoms with E-state index in [1.54, 1.807) is 0 Å². The molecular weight excluding hydrogens is 224 g/mol. The Labute approximate surface area is 90.6 Å². The van der Waals surface area contributed by atoms with Gasteiger partial charge in [0.2, 0.25) is 5.88 Å². The molecule has 82 valence electrons. The molecule has 0 saturated carbocycles. The fourth-order valence-corrected chi connectivity index (χ4v) is 1.08. The van der Waals surface area contributed by atoms with Gasteiger partial charge in [-0.15, -0.1) is 0 Å². The molecule has 15 heavy (non-hydrogen) atoms. The van der Waals surface area contributed by atoms with Gasteiger partial charge in [0.25, 0.3) is 5.69 Å². The van der Waals surface area contributed by atoms with Crippen LogP contribution in [0.25, 0.3) is 0 Å². The summed E-state index contributed by atoms with van der Waals surface area (Å²) in [6.07, 6.45) is 0.433. The first-order valence-electron chi connectivity index (χ1n) is 4.19. The third-order valence-electron chi connectivity index (χ3n) is 1.52. The molecule has 6 nitrogen and oxygen atoms in total. The van der Waals surface area contributed by atoms with Crippen molar-refractivity contribution >= 4 is 17.3 Å². The predicted octanol–water partition coefficient (Wildman–Crippen LogP) is 1.40. The molecule has 0 aliphatic heterocycles. The summed E-state index contributed by atoms with van der Waals surface area (Å²) in [5.41, 5.74) is -0.172. The van der Waals surface area contributed by atoms with E-state index in [4.69, 9.17) is 21.4 Å². The van der Waals surface area contributed by atoms with Gasteiger partial charge in [0.1, 0.15) is 5.15 Å². The predicted molar refractivity (Wildman–Crippen MR) is 53.1 cm³/mol. The van der Waals surface area contributed by atoms with Gasteiger partial charge in [0.05, 0.1) is 23.7 Å². The third kappa shape index (κ3) is 3.69. The minimum Gasteiger partial charge on any atom is -0.477 e. The quantitative estimate of drug-likeness (QED) is 0.359. The maximum atomic E-state index is 10.5. The smallest absolute Gasteiger partial charge is 0.277 e. The van der Waals surface area contributed by atoms with E-state index in [0.717, 1.165) is 6.07 Å². The van der Waals surface area contributed by atoms with E-state index >= 15 is 0 Å². The second kappa shape index (κ2) is 5.47. The molecule has 0 bridgehead atoms. The van der Waals surface area contributed by atoms with Crippen LogP contribution in [0.15, 0.2) is 12.1 Å². The lowest BCUT2D eigenvalue weighted by Gasteiger charge is -2.03. The van der Waals surface area contributed by atoms with Crippen LogP contribution in [0.1, 0.15) is 6.42 Å². The Morgan fingerprint density at radius 1 is 1.60 bits per heavy atom. The number of rotatable bonds is 5. The number of halogens is 1. The first-order chi connectivity index (χ1) is 7.13. The molecule has 0 fully saturated rings. The van der Waals surface area contributed by atoms with Crippen LogP contribution < -0.4 is 4.74 Å². The van der Waals surface area contributed by atoms with E-state index in [-0.39, 0.29) is 29.9 Å². The molecule has 1 aromatic rings. The van der Waals surface area contributed by atoms with Crippen LogP contribution in [0, 0.1) is 10.1 Å². The molecule has 1 aromatic heterocycles. The SMILES string of the molecule is O=[N+]([O-])c1cc(Cl)nc(OCCCO)c1. The highest BCUT2D eigenvalue weighted by Crippen LogP contribution is 2.21. The lowest BCUT2D eigenvalue weighted by atomic mass is 10.4. The van der Waals surface area contributed by atoms with E-state index in [2.05, 4.69) is 4.98 Å². The molecule has 1 rings (SSSR count). The lowest BCUT2D eigenvalue weighted by Crippen LogP contribution is -2.02. The maximum Gasteiger partial charge on any atom is 0.277 e. The highest BCUT2D eigenvalue weighted by molar-refractivity contribution is 6.29. The molecule has 0 spiro atoms. The van der Waals surface area contributed by atoms with Gasteiger partial charge in [0.15, 0.2) is 0 Å².